The molecule has 1 amide bonds. The van der Waals surface area contributed by atoms with Crippen molar-refractivity contribution in [1.82, 2.24) is 20.0 Å². The quantitative estimate of drug-likeness (QED) is 0.787. The average Bonchev–Trinajstić information content (AvgIpc) is 3.07. The van der Waals surface area contributed by atoms with Crippen molar-refractivity contribution in [2.75, 3.05) is 5.32 Å². The molecule has 0 aliphatic heterocycles. The summed E-state index contributed by atoms with van der Waals surface area (Å²) in [6.45, 7) is 0. The molecule has 3 aromatic heterocycles. The number of furan rings is 1. The van der Waals surface area contributed by atoms with E-state index in [0.717, 1.165) is 0 Å². The molecular weight excluding hydrogens is 266 g/mol. The lowest BCUT2D eigenvalue weighted by Gasteiger charge is -1.96. The van der Waals surface area contributed by atoms with Crippen LogP contribution < -0.4 is 5.32 Å². The van der Waals surface area contributed by atoms with E-state index in [-0.39, 0.29) is 11.6 Å². The summed E-state index contributed by atoms with van der Waals surface area (Å²) in [4.78, 5) is 16.1. The number of rotatable bonds is 3. The Hall–Kier alpha value is -2.48. The summed E-state index contributed by atoms with van der Waals surface area (Å²) in [5.74, 6) is 0.324. The summed E-state index contributed by atoms with van der Waals surface area (Å²) in [5, 5.41) is 12.4. The van der Waals surface area contributed by atoms with Crippen LogP contribution in [0.4, 0.5) is 5.13 Å². The summed E-state index contributed by atoms with van der Waals surface area (Å²) in [6, 6.07) is 3.59. The molecule has 7 nitrogen and oxygen atoms in total. The second kappa shape index (κ2) is 4.65. The lowest BCUT2D eigenvalue weighted by atomic mass is 10.4. The van der Waals surface area contributed by atoms with Crippen LogP contribution in [0.2, 0.25) is 0 Å². The van der Waals surface area contributed by atoms with E-state index in [1.807, 2.05) is 11.4 Å². The molecule has 0 aliphatic carbocycles. The molecule has 3 rings (SSSR count). The van der Waals surface area contributed by atoms with Crippen LogP contribution in [0.3, 0.4) is 0 Å². The van der Waals surface area contributed by atoms with Crippen molar-refractivity contribution < 1.29 is 9.21 Å². The summed E-state index contributed by atoms with van der Waals surface area (Å²) in [7, 11) is 1.70. The second-order valence-corrected chi connectivity index (χ2v) is 4.60. The Labute approximate surface area is 111 Å². The lowest BCUT2D eigenvalue weighted by Crippen LogP contribution is -2.12. The Bertz CT molecular complexity index is 700. The first-order chi connectivity index (χ1) is 9.22. The Morgan fingerprint density at radius 1 is 1.53 bits per heavy atom. The van der Waals surface area contributed by atoms with Crippen LogP contribution in [0.5, 0.6) is 0 Å². The van der Waals surface area contributed by atoms with Crippen LogP contribution in [0.15, 0.2) is 34.4 Å². The van der Waals surface area contributed by atoms with Crippen LogP contribution in [-0.2, 0) is 7.05 Å². The normalized spacial score (nSPS) is 10.6. The first-order valence-corrected chi connectivity index (χ1v) is 6.27. The van der Waals surface area contributed by atoms with Crippen molar-refractivity contribution in [3.63, 3.8) is 0 Å². The monoisotopic (exact) mass is 275 g/mol. The van der Waals surface area contributed by atoms with E-state index in [2.05, 4.69) is 20.6 Å². The average molecular weight is 275 g/mol. The Morgan fingerprint density at radius 3 is 3.11 bits per heavy atom. The largest absolute Gasteiger partial charge is 0.463 e. The van der Waals surface area contributed by atoms with Crippen LogP contribution in [0, 0.1) is 0 Å². The zero-order chi connectivity index (χ0) is 13.2. The smallest absolute Gasteiger partial charge is 0.279 e. The van der Waals surface area contributed by atoms with Crippen LogP contribution >= 0.6 is 11.3 Å². The van der Waals surface area contributed by atoms with Crippen molar-refractivity contribution in [2.24, 2.45) is 7.05 Å². The number of aryl methyl sites for hydroxylation is 1. The van der Waals surface area contributed by atoms with Crippen molar-refractivity contribution in [2.45, 2.75) is 0 Å². The zero-order valence-electron chi connectivity index (χ0n) is 9.90. The third kappa shape index (κ3) is 2.38. The fourth-order valence-corrected chi connectivity index (χ4v) is 2.18. The molecule has 0 spiro atoms. The van der Waals surface area contributed by atoms with Gasteiger partial charge in [0.1, 0.15) is 5.69 Å². The van der Waals surface area contributed by atoms with Gasteiger partial charge >= 0.3 is 0 Å². The van der Waals surface area contributed by atoms with Gasteiger partial charge in [-0.1, -0.05) is 5.21 Å². The molecule has 0 saturated heterocycles. The Morgan fingerprint density at radius 2 is 2.42 bits per heavy atom. The minimum Gasteiger partial charge on any atom is -0.463 e. The molecule has 0 bridgehead atoms. The van der Waals surface area contributed by atoms with E-state index in [1.165, 1.54) is 22.2 Å². The lowest BCUT2D eigenvalue weighted by molar-refractivity contribution is 0.102. The Kier molecular flexibility index (Phi) is 2.84. The number of anilines is 1. The number of hydrogen-bond donors (Lipinski definition) is 1. The highest BCUT2D eigenvalue weighted by molar-refractivity contribution is 7.14. The van der Waals surface area contributed by atoms with E-state index >= 15 is 0 Å². The molecule has 0 aromatic carbocycles. The van der Waals surface area contributed by atoms with Gasteiger partial charge in [0.05, 0.1) is 12.5 Å². The van der Waals surface area contributed by atoms with E-state index < -0.39 is 0 Å². The van der Waals surface area contributed by atoms with Gasteiger partial charge in [0.15, 0.2) is 16.6 Å². The maximum Gasteiger partial charge on any atom is 0.279 e. The minimum atomic E-state index is -0.339. The van der Waals surface area contributed by atoms with Gasteiger partial charge in [-0.3, -0.25) is 14.8 Å². The first kappa shape index (κ1) is 11.6. The predicted molar refractivity (Wildman–Crippen MR) is 68.8 cm³/mol. The molecule has 3 aromatic rings. The molecule has 0 saturated carbocycles. The highest BCUT2D eigenvalue weighted by Gasteiger charge is 2.13. The Balaban J connectivity index is 1.76. The molecule has 1 N–H and O–H groups in total. The van der Waals surface area contributed by atoms with Gasteiger partial charge in [0.2, 0.25) is 0 Å². The van der Waals surface area contributed by atoms with Gasteiger partial charge in [0.25, 0.3) is 5.91 Å². The van der Waals surface area contributed by atoms with Crippen molar-refractivity contribution in [1.29, 1.82) is 0 Å². The van der Waals surface area contributed by atoms with Crippen LogP contribution in [0.25, 0.3) is 11.5 Å². The number of carbonyl (C=O) groups is 1. The standard InChI is InChI=1S/C11H9N5O2S/c1-16-5-7(14-15-16)10(17)13-11-12-8(6-19-11)9-3-2-4-18-9/h2-6H,1H3,(H,12,13,17). The molecule has 0 aliphatic rings. The summed E-state index contributed by atoms with van der Waals surface area (Å²) in [6.07, 6.45) is 3.11. The maximum atomic E-state index is 11.8. The fraction of sp³-hybridized carbons (Fsp3) is 0.0909. The molecule has 0 fully saturated rings. The summed E-state index contributed by atoms with van der Waals surface area (Å²) >= 11 is 1.32. The van der Waals surface area contributed by atoms with Gasteiger partial charge in [-0.05, 0) is 12.1 Å². The highest BCUT2D eigenvalue weighted by atomic mass is 32.1. The van der Waals surface area contributed by atoms with Crippen molar-refractivity contribution >= 4 is 22.4 Å². The zero-order valence-corrected chi connectivity index (χ0v) is 10.7. The topological polar surface area (TPSA) is 85.8 Å². The van der Waals surface area contributed by atoms with Crippen LogP contribution in [0.1, 0.15) is 10.5 Å². The predicted octanol–water partition coefficient (Wildman–Crippen LogP) is 1.78. The van der Waals surface area contributed by atoms with Gasteiger partial charge < -0.3 is 4.42 Å². The maximum absolute atomic E-state index is 11.8. The summed E-state index contributed by atoms with van der Waals surface area (Å²) in [5.41, 5.74) is 0.932. The number of amides is 1. The SMILES string of the molecule is Cn1cc(C(=O)Nc2nc(-c3ccco3)cs2)nn1. The molecule has 0 atom stereocenters. The van der Waals surface area contributed by atoms with Gasteiger partial charge in [-0.25, -0.2) is 4.98 Å². The number of nitrogens with one attached hydrogen (secondary N) is 1. The number of thiazole rings is 1. The third-order valence-electron chi connectivity index (χ3n) is 2.33. The molecule has 3 heterocycles. The van der Waals surface area contributed by atoms with Crippen molar-refractivity contribution in [3.05, 3.63) is 35.7 Å². The molecule has 0 radical (unpaired) electrons. The number of hydrogen-bond acceptors (Lipinski definition) is 6. The van der Waals surface area contributed by atoms with E-state index in [0.29, 0.717) is 16.6 Å². The van der Waals surface area contributed by atoms with Gasteiger partial charge in [-0.2, -0.15) is 0 Å². The molecule has 19 heavy (non-hydrogen) atoms. The number of carbonyl (C=O) groups excluding carboxylic acids is 1. The van der Waals surface area contributed by atoms with E-state index in [1.54, 1.807) is 19.4 Å². The summed E-state index contributed by atoms with van der Waals surface area (Å²) < 4.78 is 6.69. The molecule has 8 heteroatoms. The first-order valence-electron chi connectivity index (χ1n) is 5.39. The molecule has 96 valence electrons. The third-order valence-corrected chi connectivity index (χ3v) is 3.09. The number of aromatic nitrogens is 4. The minimum absolute atomic E-state index is 0.247. The second-order valence-electron chi connectivity index (χ2n) is 3.75. The number of nitrogens with zero attached hydrogens (tertiary/aromatic N) is 4. The van der Waals surface area contributed by atoms with E-state index in [4.69, 9.17) is 4.42 Å². The molecule has 0 unspecified atom stereocenters. The van der Waals surface area contributed by atoms with Crippen molar-refractivity contribution in [3.8, 4) is 11.5 Å². The van der Waals surface area contributed by atoms with E-state index in [9.17, 15) is 4.79 Å². The highest BCUT2D eigenvalue weighted by Crippen LogP contribution is 2.25. The van der Waals surface area contributed by atoms with Gasteiger partial charge in [0, 0.05) is 12.4 Å². The fourth-order valence-electron chi connectivity index (χ4n) is 1.48. The molecular formula is C11H9N5O2S. The van der Waals surface area contributed by atoms with Gasteiger partial charge in [-0.15, -0.1) is 16.4 Å². The van der Waals surface area contributed by atoms with Crippen LogP contribution in [-0.4, -0.2) is 25.9 Å².